The third-order valence-corrected chi connectivity index (χ3v) is 4.28. The summed E-state index contributed by atoms with van der Waals surface area (Å²) in [4.78, 5) is 2.29. The molecule has 0 unspecified atom stereocenters. The predicted molar refractivity (Wildman–Crippen MR) is 81.4 cm³/mol. The van der Waals surface area contributed by atoms with Crippen LogP contribution in [0.3, 0.4) is 0 Å². The van der Waals surface area contributed by atoms with E-state index in [1.165, 1.54) is 25.7 Å². The summed E-state index contributed by atoms with van der Waals surface area (Å²) in [6, 6.07) is 5.74. The number of hydrogen-bond acceptors (Lipinski definition) is 2. The molecule has 0 aliphatic heterocycles. The van der Waals surface area contributed by atoms with Gasteiger partial charge in [0.1, 0.15) is 5.82 Å². The van der Waals surface area contributed by atoms with Gasteiger partial charge in [0, 0.05) is 19.6 Å². The van der Waals surface area contributed by atoms with Gasteiger partial charge in [0.25, 0.3) is 0 Å². The zero-order chi connectivity index (χ0) is 13.9. The van der Waals surface area contributed by atoms with Crippen molar-refractivity contribution < 1.29 is 4.39 Å². The van der Waals surface area contributed by atoms with Gasteiger partial charge in [-0.25, -0.2) is 4.39 Å². The van der Waals surface area contributed by atoms with E-state index in [1.807, 2.05) is 6.07 Å². The lowest BCUT2D eigenvalue weighted by Gasteiger charge is -2.25. The molecule has 2 fully saturated rings. The normalized spacial score (nSPS) is 18.3. The molecule has 0 atom stereocenters. The van der Waals surface area contributed by atoms with Gasteiger partial charge in [-0.1, -0.05) is 13.0 Å². The number of halogens is 1. The first kappa shape index (κ1) is 13.9. The number of hydrogen-bond donors (Lipinski definition) is 1. The van der Waals surface area contributed by atoms with Crippen molar-refractivity contribution in [3.05, 3.63) is 29.6 Å². The zero-order valence-electron chi connectivity index (χ0n) is 12.4. The Morgan fingerprint density at radius 2 is 1.80 bits per heavy atom. The first-order valence-corrected chi connectivity index (χ1v) is 8.00. The maximum atomic E-state index is 14.4. The molecule has 0 saturated heterocycles. The lowest BCUT2D eigenvalue weighted by atomic mass is 10.1. The number of rotatable bonds is 8. The smallest absolute Gasteiger partial charge is 0.146 e. The largest absolute Gasteiger partial charge is 0.369 e. The van der Waals surface area contributed by atoms with Gasteiger partial charge >= 0.3 is 0 Å². The van der Waals surface area contributed by atoms with Crippen molar-refractivity contribution in [1.29, 1.82) is 0 Å². The van der Waals surface area contributed by atoms with Gasteiger partial charge in [-0.2, -0.15) is 0 Å². The van der Waals surface area contributed by atoms with Crippen LogP contribution in [0, 0.1) is 17.7 Å². The van der Waals surface area contributed by atoms with Crippen molar-refractivity contribution in [1.82, 2.24) is 5.32 Å². The molecule has 2 nitrogen and oxygen atoms in total. The Kier molecular flexibility index (Phi) is 4.25. The summed E-state index contributed by atoms with van der Waals surface area (Å²) in [7, 11) is 0. The van der Waals surface area contributed by atoms with Crippen LogP contribution in [0.5, 0.6) is 0 Å². The molecule has 0 aromatic heterocycles. The van der Waals surface area contributed by atoms with Gasteiger partial charge in [0.2, 0.25) is 0 Å². The highest BCUT2D eigenvalue weighted by Crippen LogP contribution is 2.36. The minimum atomic E-state index is -0.0540. The van der Waals surface area contributed by atoms with Crippen molar-refractivity contribution in [3.8, 4) is 0 Å². The molecule has 20 heavy (non-hydrogen) atoms. The molecular weight excluding hydrogens is 251 g/mol. The minimum absolute atomic E-state index is 0.0540. The van der Waals surface area contributed by atoms with Gasteiger partial charge in [0.05, 0.1) is 5.69 Å². The number of benzene rings is 1. The first-order valence-electron chi connectivity index (χ1n) is 8.00. The third-order valence-electron chi connectivity index (χ3n) is 4.28. The molecule has 1 aromatic rings. The number of nitrogens with zero attached hydrogens (tertiary/aromatic N) is 1. The summed E-state index contributed by atoms with van der Waals surface area (Å²) < 4.78 is 14.4. The van der Waals surface area contributed by atoms with Gasteiger partial charge < -0.3 is 10.2 Å². The van der Waals surface area contributed by atoms with E-state index in [-0.39, 0.29) is 5.82 Å². The Hall–Kier alpha value is -1.09. The summed E-state index contributed by atoms with van der Waals surface area (Å²) in [6.07, 6.45) is 5.28. The van der Waals surface area contributed by atoms with Crippen molar-refractivity contribution >= 4 is 5.69 Å². The second-order valence-electron chi connectivity index (χ2n) is 6.36. The molecule has 0 spiro atoms. The predicted octanol–water partition coefficient (Wildman–Crippen LogP) is 3.56. The summed E-state index contributed by atoms with van der Waals surface area (Å²) in [5, 5.41) is 3.24. The van der Waals surface area contributed by atoms with Gasteiger partial charge in [-0.15, -0.1) is 0 Å². The molecule has 3 heteroatoms. The number of anilines is 1. The molecule has 0 amide bonds. The van der Waals surface area contributed by atoms with E-state index < -0.39 is 0 Å². The molecule has 0 radical (unpaired) electrons. The van der Waals surface area contributed by atoms with Crippen LogP contribution in [0.25, 0.3) is 0 Å². The highest BCUT2D eigenvalue weighted by atomic mass is 19.1. The second-order valence-corrected chi connectivity index (χ2v) is 6.36. The minimum Gasteiger partial charge on any atom is -0.369 e. The Morgan fingerprint density at radius 1 is 1.15 bits per heavy atom. The topological polar surface area (TPSA) is 15.3 Å². The van der Waals surface area contributed by atoms with Gasteiger partial charge in [0.15, 0.2) is 0 Å². The average molecular weight is 276 g/mol. The average Bonchev–Trinajstić information content (AvgIpc) is 3.31. The standard InChI is InChI=1S/C17H25FN2/c1-2-19-10-15-7-8-17(16(18)9-15)20(11-13-3-4-13)12-14-5-6-14/h7-9,13-14,19H,2-6,10-12H2,1H3. The van der Waals surface area contributed by atoms with Gasteiger partial charge in [-0.3, -0.25) is 0 Å². The molecule has 2 aliphatic rings. The number of nitrogens with one attached hydrogen (secondary N) is 1. The third kappa shape index (κ3) is 3.72. The van der Waals surface area contributed by atoms with Crippen LogP contribution in [0.15, 0.2) is 18.2 Å². The van der Waals surface area contributed by atoms with E-state index in [2.05, 4.69) is 23.2 Å². The molecule has 0 heterocycles. The fraction of sp³-hybridized carbons (Fsp3) is 0.647. The van der Waals surface area contributed by atoms with Crippen LogP contribution in [0.2, 0.25) is 0 Å². The fourth-order valence-corrected chi connectivity index (χ4v) is 2.68. The monoisotopic (exact) mass is 276 g/mol. The van der Waals surface area contributed by atoms with Gasteiger partial charge in [-0.05, 0) is 61.8 Å². The lowest BCUT2D eigenvalue weighted by molar-refractivity contribution is 0.599. The summed E-state index contributed by atoms with van der Waals surface area (Å²) in [5.41, 5.74) is 1.84. The molecule has 1 aromatic carbocycles. The van der Waals surface area contributed by atoms with E-state index in [0.717, 1.165) is 49.3 Å². The Morgan fingerprint density at radius 3 is 2.30 bits per heavy atom. The SMILES string of the molecule is CCNCc1ccc(N(CC2CC2)CC2CC2)c(F)c1. The van der Waals surface area contributed by atoms with E-state index in [0.29, 0.717) is 0 Å². The maximum absolute atomic E-state index is 14.4. The van der Waals surface area contributed by atoms with E-state index >= 15 is 0 Å². The summed E-state index contributed by atoms with van der Waals surface area (Å²) in [6.45, 7) is 5.81. The van der Waals surface area contributed by atoms with Crippen LogP contribution >= 0.6 is 0 Å². The Bertz CT molecular complexity index is 438. The molecule has 2 aliphatic carbocycles. The highest BCUT2D eigenvalue weighted by molar-refractivity contribution is 5.49. The molecule has 0 bridgehead atoms. The molecule has 3 rings (SSSR count). The molecule has 1 N–H and O–H groups in total. The van der Waals surface area contributed by atoms with Crippen molar-refractivity contribution in [2.45, 2.75) is 39.2 Å². The quantitative estimate of drug-likeness (QED) is 0.781. The Balaban J connectivity index is 1.70. The van der Waals surface area contributed by atoms with E-state index in [1.54, 1.807) is 6.07 Å². The van der Waals surface area contributed by atoms with Crippen LogP contribution < -0.4 is 10.2 Å². The van der Waals surface area contributed by atoms with Crippen LogP contribution in [-0.2, 0) is 6.54 Å². The Labute approximate surface area is 121 Å². The maximum Gasteiger partial charge on any atom is 0.146 e. The zero-order valence-corrected chi connectivity index (χ0v) is 12.4. The van der Waals surface area contributed by atoms with Crippen LogP contribution in [-0.4, -0.2) is 19.6 Å². The molecular formula is C17H25FN2. The molecule has 110 valence electrons. The van der Waals surface area contributed by atoms with E-state index in [9.17, 15) is 4.39 Å². The van der Waals surface area contributed by atoms with Crippen molar-refractivity contribution in [2.24, 2.45) is 11.8 Å². The first-order chi connectivity index (χ1) is 9.76. The van der Waals surface area contributed by atoms with Crippen molar-refractivity contribution in [2.75, 3.05) is 24.5 Å². The van der Waals surface area contributed by atoms with E-state index in [4.69, 9.17) is 0 Å². The molecule has 2 saturated carbocycles. The lowest BCUT2D eigenvalue weighted by Crippen LogP contribution is -2.29. The fourth-order valence-electron chi connectivity index (χ4n) is 2.68. The summed E-state index contributed by atoms with van der Waals surface area (Å²) >= 11 is 0. The highest BCUT2D eigenvalue weighted by Gasteiger charge is 2.30. The second kappa shape index (κ2) is 6.13. The van der Waals surface area contributed by atoms with Crippen LogP contribution in [0.4, 0.5) is 10.1 Å². The van der Waals surface area contributed by atoms with Crippen molar-refractivity contribution in [3.63, 3.8) is 0 Å². The summed E-state index contributed by atoms with van der Waals surface area (Å²) in [5.74, 6) is 1.55. The van der Waals surface area contributed by atoms with Crippen LogP contribution in [0.1, 0.15) is 38.2 Å².